The molecule has 0 saturated carbocycles. The second-order valence-corrected chi connectivity index (χ2v) is 8.84. The summed E-state index contributed by atoms with van der Waals surface area (Å²) < 4.78 is 0. The fourth-order valence-electron chi connectivity index (χ4n) is 5.73. The zero-order valence-corrected chi connectivity index (χ0v) is 17.0. The number of hydrogen-bond donors (Lipinski definition) is 0. The standard InChI is InChI=1S/C22H28N6O/c1-26-12-8-22(19(26)29)17-28(20-24-10-4-11-25-20)16-21(22)6-13-27(14-7-21)15-18-5-2-3-9-23-18/h2-5,9-11H,6-8,12-17H2,1H3/t22-/m1/s1. The second kappa shape index (κ2) is 7.06. The third kappa shape index (κ3) is 2.99. The molecular weight excluding hydrogens is 364 g/mol. The van der Waals surface area contributed by atoms with Crippen LogP contribution in [0.15, 0.2) is 42.9 Å². The van der Waals surface area contributed by atoms with Crippen LogP contribution in [0.1, 0.15) is 25.0 Å². The van der Waals surface area contributed by atoms with Crippen molar-refractivity contribution in [2.45, 2.75) is 25.8 Å². The average molecular weight is 393 g/mol. The van der Waals surface area contributed by atoms with E-state index in [1.165, 1.54) is 0 Å². The van der Waals surface area contributed by atoms with Gasteiger partial charge in [-0.15, -0.1) is 0 Å². The molecule has 0 aliphatic carbocycles. The first kappa shape index (κ1) is 18.5. The summed E-state index contributed by atoms with van der Waals surface area (Å²) in [6.45, 7) is 5.33. The smallest absolute Gasteiger partial charge is 0.231 e. The molecule has 2 aromatic heterocycles. The van der Waals surface area contributed by atoms with Crippen molar-refractivity contribution >= 4 is 11.9 Å². The van der Waals surface area contributed by atoms with Crippen molar-refractivity contribution in [2.24, 2.45) is 10.8 Å². The van der Waals surface area contributed by atoms with E-state index >= 15 is 0 Å². The fraction of sp³-hybridized carbons (Fsp3) is 0.545. The summed E-state index contributed by atoms with van der Waals surface area (Å²) in [4.78, 5) is 33.5. The number of rotatable bonds is 3. The number of fused-ring (bicyclic) bond motifs is 1. The average Bonchev–Trinajstić information content (AvgIpc) is 3.24. The monoisotopic (exact) mass is 392 g/mol. The van der Waals surface area contributed by atoms with Crippen LogP contribution in [0.3, 0.4) is 0 Å². The minimum atomic E-state index is -0.308. The van der Waals surface area contributed by atoms with Crippen LogP contribution in [-0.4, -0.2) is 70.4 Å². The number of anilines is 1. The molecule has 5 heterocycles. The van der Waals surface area contributed by atoms with E-state index in [2.05, 4.69) is 30.8 Å². The van der Waals surface area contributed by atoms with Crippen LogP contribution in [-0.2, 0) is 11.3 Å². The van der Waals surface area contributed by atoms with Gasteiger partial charge in [-0.3, -0.25) is 14.7 Å². The van der Waals surface area contributed by atoms with Crippen molar-refractivity contribution in [1.82, 2.24) is 24.8 Å². The number of carbonyl (C=O) groups excluding carboxylic acids is 1. The van der Waals surface area contributed by atoms with E-state index in [1.807, 2.05) is 36.3 Å². The zero-order chi connectivity index (χ0) is 19.9. The molecule has 1 amide bonds. The van der Waals surface area contributed by atoms with E-state index < -0.39 is 0 Å². The first-order chi connectivity index (χ1) is 14.1. The predicted molar refractivity (Wildman–Crippen MR) is 110 cm³/mol. The van der Waals surface area contributed by atoms with Crippen molar-refractivity contribution in [3.05, 3.63) is 48.5 Å². The Morgan fingerprint density at radius 3 is 2.34 bits per heavy atom. The largest absolute Gasteiger partial charge is 0.345 e. The quantitative estimate of drug-likeness (QED) is 0.794. The first-order valence-corrected chi connectivity index (χ1v) is 10.5. The topological polar surface area (TPSA) is 65.5 Å². The number of aromatic nitrogens is 3. The first-order valence-electron chi connectivity index (χ1n) is 10.5. The molecule has 7 nitrogen and oxygen atoms in total. The summed E-state index contributed by atoms with van der Waals surface area (Å²) in [6.07, 6.45) is 8.44. The van der Waals surface area contributed by atoms with Gasteiger partial charge in [0, 0.05) is 57.2 Å². The van der Waals surface area contributed by atoms with Gasteiger partial charge in [-0.1, -0.05) is 6.07 Å². The zero-order valence-electron chi connectivity index (χ0n) is 17.0. The lowest BCUT2D eigenvalue weighted by Crippen LogP contribution is -2.52. The molecule has 0 aromatic carbocycles. The lowest BCUT2D eigenvalue weighted by Gasteiger charge is -2.46. The van der Waals surface area contributed by atoms with Gasteiger partial charge in [-0.25, -0.2) is 9.97 Å². The molecule has 0 radical (unpaired) electrons. The van der Waals surface area contributed by atoms with Gasteiger partial charge in [0.15, 0.2) is 0 Å². The molecule has 0 unspecified atom stereocenters. The fourth-order valence-corrected chi connectivity index (χ4v) is 5.73. The highest BCUT2D eigenvalue weighted by Crippen LogP contribution is 2.58. The molecule has 29 heavy (non-hydrogen) atoms. The normalized spacial score (nSPS) is 26.7. The molecule has 0 N–H and O–H groups in total. The van der Waals surface area contributed by atoms with E-state index in [1.54, 1.807) is 12.4 Å². The molecule has 3 fully saturated rings. The van der Waals surface area contributed by atoms with Gasteiger partial charge < -0.3 is 9.80 Å². The highest BCUT2D eigenvalue weighted by Gasteiger charge is 2.65. The Bertz CT molecular complexity index is 867. The summed E-state index contributed by atoms with van der Waals surface area (Å²) >= 11 is 0. The van der Waals surface area contributed by atoms with E-state index in [9.17, 15) is 4.79 Å². The molecule has 2 aromatic rings. The Morgan fingerprint density at radius 2 is 1.69 bits per heavy atom. The van der Waals surface area contributed by atoms with Crippen LogP contribution in [0, 0.1) is 10.8 Å². The summed E-state index contributed by atoms with van der Waals surface area (Å²) in [5.41, 5.74) is 0.799. The summed E-state index contributed by atoms with van der Waals surface area (Å²) in [6, 6.07) is 7.94. The lowest BCUT2D eigenvalue weighted by atomic mass is 9.60. The number of likely N-dealkylation sites (tertiary alicyclic amines) is 2. The molecule has 152 valence electrons. The predicted octanol–water partition coefficient (Wildman–Crippen LogP) is 1.82. The van der Waals surface area contributed by atoms with Gasteiger partial charge in [0.05, 0.1) is 11.1 Å². The maximum absolute atomic E-state index is 13.4. The van der Waals surface area contributed by atoms with E-state index in [0.29, 0.717) is 5.91 Å². The summed E-state index contributed by atoms with van der Waals surface area (Å²) in [5, 5.41) is 0. The molecule has 2 spiro atoms. The third-order valence-corrected chi connectivity index (χ3v) is 7.36. The van der Waals surface area contributed by atoms with E-state index in [0.717, 1.165) is 70.2 Å². The van der Waals surface area contributed by atoms with Crippen molar-refractivity contribution in [3.63, 3.8) is 0 Å². The Kier molecular flexibility index (Phi) is 4.50. The third-order valence-electron chi connectivity index (χ3n) is 7.36. The van der Waals surface area contributed by atoms with Crippen LogP contribution in [0.25, 0.3) is 0 Å². The van der Waals surface area contributed by atoms with Crippen molar-refractivity contribution in [3.8, 4) is 0 Å². The number of hydrogen-bond acceptors (Lipinski definition) is 6. The molecule has 3 aliphatic heterocycles. The van der Waals surface area contributed by atoms with Crippen LogP contribution in [0.2, 0.25) is 0 Å². The molecule has 3 saturated heterocycles. The maximum atomic E-state index is 13.4. The number of pyridine rings is 1. The molecule has 3 aliphatic rings. The van der Waals surface area contributed by atoms with Gasteiger partial charge in [-0.05, 0) is 50.6 Å². The van der Waals surface area contributed by atoms with Gasteiger partial charge in [-0.2, -0.15) is 0 Å². The van der Waals surface area contributed by atoms with Gasteiger partial charge in [0.25, 0.3) is 0 Å². The molecule has 0 bridgehead atoms. The molecular formula is C22H28N6O. The Hall–Kier alpha value is -2.54. The Labute approximate surface area is 171 Å². The Morgan fingerprint density at radius 1 is 0.931 bits per heavy atom. The number of amides is 1. The van der Waals surface area contributed by atoms with Gasteiger partial charge in [0.1, 0.15) is 0 Å². The van der Waals surface area contributed by atoms with Crippen LogP contribution < -0.4 is 4.90 Å². The highest BCUT2D eigenvalue weighted by atomic mass is 16.2. The lowest BCUT2D eigenvalue weighted by molar-refractivity contribution is -0.141. The molecule has 5 rings (SSSR count). The molecule has 7 heteroatoms. The summed E-state index contributed by atoms with van der Waals surface area (Å²) in [7, 11) is 1.95. The Balaban J connectivity index is 1.39. The van der Waals surface area contributed by atoms with Crippen molar-refractivity contribution in [2.75, 3.05) is 44.7 Å². The minimum absolute atomic E-state index is 0.00530. The highest BCUT2D eigenvalue weighted by molar-refractivity contribution is 5.87. The van der Waals surface area contributed by atoms with Crippen molar-refractivity contribution in [1.29, 1.82) is 0 Å². The van der Waals surface area contributed by atoms with Crippen molar-refractivity contribution < 1.29 is 4.79 Å². The van der Waals surface area contributed by atoms with E-state index in [4.69, 9.17) is 0 Å². The number of piperidine rings is 1. The number of carbonyl (C=O) groups is 1. The van der Waals surface area contributed by atoms with Gasteiger partial charge >= 0.3 is 0 Å². The SMILES string of the molecule is CN1CC[C@@]2(CN(c3ncccn3)CC23CCN(Cc2ccccn2)CC3)C1=O. The minimum Gasteiger partial charge on any atom is -0.345 e. The van der Waals surface area contributed by atoms with Crippen LogP contribution in [0.5, 0.6) is 0 Å². The summed E-state index contributed by atoms with van der Waals surface area (Å²) in [5.74, 6) is 1.07. The van der Waals surface area contributed by atoms with E-state index in [-0.39, 0.29) is 10.8 Å². The molecule has 1 atom stereocenters. The van der Waals surface area contributed by atoms with Crippen LogP contribution >= 0.6 is 0 Å². The number of nitrogens with zero attached hydrogens (tertiary/aromatic N) is 6. The van der Waals surface area contributed by atoms with Gasteiger partial charge in [0.2, 0.25) is 11.9 Å². The maximum Gasteiger partial charge on any atom is 0.231 e. The van der Waals surface area contributed by atoms with Crippen LogP contribution in [0.4, 0.5) is 5.95 Å². The second-order valence-electron chi connectivity index (χ2n) is 8.84.